The van der Waals surface area contributed by atoms with Gasteiger partial charge >= 0.3 is 0 Å². The van der Waals surface area contributed by atoms with E-state index in [0.29, 0.717) is 38.3 Å². The zero-order valence-corrected chi connectivity index (χ0v) is 25.8. The number of hydrogen-bond acceptors (Lipinski definition) is 4. The summed E-state index contributed by atoms with van der Waals surface area (Å²) in [6.45, 7) is 6.63. The summed E-state index contributed by atoms with van der Waals surface area (Å²) in [5.74, 6) is -0.906. The number of nitrogens with zero attached hydrogens (tertiary/aromatic N) is 2. The first-order chi connectivity index (χ1) is 18.8. The number of halogens is 3. The van der Waals surface area contributed by atoms with E-state index in [1.165, 1.54) is 17.0 Å². The number of sulfonamides is 1. The molecule has 11 heteroatoms. The first-order valence-corrected chi connectivity index (χ1v) is 15.3. The number of carbonyl (C=O) groups excluding carboxylic acids is 2. The van der Waals surface area contributed by atoms with Crippen LogP contribution in [-0.4, -0.2) is 43.8 Å². The lowest BCUT2D eigenvalue weighted by atomic mass is 10.1. The molecule has 0 aliphatic carbocycles. The van der Waals surface area contributed by atoms with Crippen molar-refractivity contribution >= 4 is 62.3 Å². The quantitative estimate of drug-likeness (QED) is 0.265. The number of aryl methyl sites for hydroxylation is 1. The fourth-order valence-electron chi connectivity index (χ4n) is 4.27. The molecule has 0 aliphatic heterocycles. The standard InChI is InChI=1S/C29H32Cl3N3O4S/c1-5-26(29(37)33-19(2)3)34(17-21-11-13-24(31)25(32)16-21)28(36)18-35(27-14-12-22(30)15-20(27)4)40(38,39)23-9-7-6-8-10-23/h6-16,19,26H,5,17-18H2,1-4H3,(H,33,37)/t26-/m0/s1. The van der Waals surface area contributed by atoms with E-state index in [0.717, 1.165) is 4.31 Å². The van der Waals surface area contributed by atoms with Gasteiger partial charge in [-0.2, -0.15) is 0 Å². The summed E-state index contributed by atoms with van der Waals surface area (Å²) in [5, 5.41) is 3.95. The number of hydrogen-bond donors (Lipinski definition) is 1. The molecule has 0 aliphatic rings. The van der Waals surface area contributed by atoms with E-state index < -0.39 is 28.5 Å². The molecular weight excluding hydrogens is 593 g/mol. The Hall–Kier alpha value is -2.78. The van der Waals surface area contributed by atoms with Gasteiger partial charge in [0.05, 0.1) is 20.6 Å². The molecule has 0 spiro atoms. The molecule has 0 aromatic heterocycles. The maximum atomic E-state index is 14.1. The van der Waals surface area contributed by atoms with Gasteiger partial charge in [0.15, 0.2) is 0 Å². The number of anilines is 1. The van der Waals surface area contributed by atoms with E-state index in [-0.39, 0.29) is 23.4 Å². The molecule has 0 heterocycles. The van der Waals surface area contributed by atoms with Crippen molar-refractivity contribution in [1.82, 2.24) is 10.2 Å². The third kappa shape index (κ3) is 7.69. The highest BCUT2D eigenvalue weighted by molar-refractivity contribution is 7.92. The van der Waals surface area contributed by atoms with Gasteiger partial charge in [-0.1, -0.05) is 66.0 Å². The summed E-state index contributed by atoms with van der Waals surface area (Å²) >= 11 is 18.5. The van der Waals surface area contributed by atoms with Gasteiger partial charge in [-0.05, 0) is 80.8 Å². The minimum atomic E-state index is -4.17. The second-order valence-corrected chi connectivity index (χ2v) is 12.7. The van der Waals surface area contributed by atoms with Gasteiger partial charge in [0.25, 0.3) is 10.0 Å². The minimum Gasteiger partial charge on any atom is -0.352 e. The van der Waals surface area contributed by atoms with Crippen LogP contribution < -0.4 is 9.62 Å². The summed E-state index contributed by atoms with van der Waals surface area (Å²) in [6.07, 6.45) is 0.303. The minimum absolute atomic E-state index is 0.0125. The summed E-state index contributed by atoms with van der Waals surface area (Å²) < 4.78 is 28.9. The highest BCUT2D eigenvalue weighted by Gasteiger charge is 2.34. The van der Waals surface area contributed by atoms with Crippen LogP contribution in [0.1, 0.15) is 38.3 Å². The van der Waals surface area contributed by atoms with Crippen molar-refractivity contribution in [2.75, 3.05) is 10.8 Å². The lowest BCUT2D eigenvalue weighted by Gasteiger charge is -2.34. The number of amides is 2. The van der Waals surface area contributed by atoms with Gasteiger partial charge in [0, 0.05) is 17.6 Å². The molecule has 40 heavy (non-hydrogen) atoms. The van der Waals surface area contributed by atoms with Gasteiger partial charge in [-0.15, -0.1) is 0 Å². The third-order valence-corrected chi connectivity index (χ3v) is 8.94. The van der Waals surface area contributed by atoms with Crippen LogP contribution in [0.25, 0.3) is 0 Å². The Kier molecular flexibility index (Phi) is 10.9. The molecule has 7 nitrogen and oxygen atoms in total. The van der Waals surface area contributed by atoms with Crippen LogP contribution in [0.5, 0.6) is 0 Å². The number of benzene rings is 3. The Morgan fingerprint density at radius 3 is 2.17 bits per heavy atom. The van der Waals surface area contributed by atoms with E-state index in [2.05, 4.69) is 5.32 Å². The van der Waals surface area contributed by atoms with Gasteiger partial charge in [-0.25, -0.2) is 8.42 Å². The fraction of sp³-hybridized carbons (Fsp3) is 0.310. The van der Waals surface area contributed by atoms with E-state index in [1.54, 1.807) is 68.4 Å². The number of rotatable bonds is 11. The van der Waals surface area contributed by atoms with Crippen molar-refractivity contribution in [2.24, 2.45) is 0 Å². The molecule has 0 saturated carbocycles. The topological polar surface area (TPSA) is 86.8 Å². The van der Waals surface area contributed by atoms with Crippen LogP contribution in [0, 0.1) is 6.92 Å². The molecule has 0 unspecified atom stereocenters. The Morgan fingerprint density at radius 1 is 0.925 bits per heavy atom. The normalized spacial score (nSPS) is 12.2. The smallest absolute Gasteiger partial charge is 0.264 e. The highest BCUT2D eigenvalue weighted by Crippen LogP contribution is 2.30. The van der Waals surface area contributed by atoms with E-state index in [9.17, 15) is 18.0 Å². The Balaban J connectivity index is 2.10. The molecule has 214 valence electrons. The maximum absolute atomic E-state index is 14.1. The molecule has 0 bridgehead atoms. The van der Waals surface area contributed by atoms with Crippen molar-refractivity contribution in [2.45, 2.75) is 57.6 Å². The van der Waals surface area contributed by atoms with Crippen molar-refractivity contribution in [3.8, 4) is 0 Å². The molecule has 1 N–H and O–H groups in total. The van der Waals surface area contributed by atoms with Gasteiger partial charge in [-0.3, -0.25) is 13.9 Å². The van der Waals surface area contributed by atoms with E-state index in [4.69, 9.17) is 34.8 Å². The second kappa shape index (κ2) is 13.7. The van der Waals surface area contributed by atoms with Crippen LogP contribution in [0.3, 0.4) is 0 Å². The molecular formula is C29H32Cl3N3O4S. The molecule has 3 aromatic carbocycles. The monoisotopic (exact) mass is 623 g/mol. The van der Waals surface area contributed by atoms with Gasteiger partial charge in [0.2, 0.25) is 11.8 Å². The van der Waals surface area contributed by atoms with E-state index in [1.807, 2.05) is 13.8 Å². The summed E-state index contributed by atoms with van der Waals surface area (Å²) in [7, 11) is -4.17. The average Bonchev–Trinajstić information content (AvgIpc) is 2.89. The highest BCUT2D eigenvalue weighted by atomic mass is 35.5. The fourth-order valence-corrected chi connectivity index (χ4v) is 6.31. The zero-order chi connectivity index (χ0) is 29.6. The summed E-state index contributed by atoms with van der Waals surface area (Å²) in [5.41, 5.74) is 1.51. The molecule has 0 saturated heterocycles. The van der Waals surface area contributed by atoms with Crippen molar-refractivity contribution in [3.63, 3.8) is 0 Å². The molecule has 3 rings (SSSR count). The lowest BCUT2D eigenvalue weighted by molar-refractivity contribution is -0.140. The molecule has 0 fully saturated rings. The van der Waals surface area contributed by atoms with Crippen LogP contribution in [0.15, 0.2) is 71.6 Å². The average molecular weight is 625 g/mol. The first kappa shape index (κ1) is 31.7. The predicted molar refractivity (Wildman–Crippen MR) is 162 cm³/mol. The van der Waals surface area contributed by atoms with Crippen LogP contribution in [0.2, 0.25) is 15.1 Å². The lowest BCUT2D eigenvalue weighted by Crippen LogP contribution is -2.53. The van der Waals surface area contributed by atoms with Crippen LogP contribution in [0.4, 0.5) is 5.69 Å². The van der Waals surface area contributed by atoms with E-state index >= 15 is 0 Å². The zero-order valence-electron chi connectivity index (χ0n) is 22.7. The maximum Gasteiger partial charge on any atom is 0.264 e. The number of nitrogens with one attached hydrogen (secondary N) is 1. The van der Waals surface area contributed by atoms with Crippen molar-refractivity contribution in [3.05, 3.63) is 92.9 Å². The Bertz CT molecular complexity index is 1470. The van der Waals surface area contributed by atoms with Crippen molar-refractivity contribution in [1.29, 1.82) is 0 Å². The predicted octanol–water partition coefficient (Wildman–Crippen LogP) is 6.48. The Morgan fingerprint density at radius 2 is 1.60 bits per heavy atom. The SMILES string of the molecule is CC[C@@H](C(=O)NC(C)C)N(Cc1ccc(Cl)c(Cl)c1)C(=O)CN(c1ccc(Cl)cc1C)S(=O)(=O)c1ccccc1. The largest absolute Gasteiger partial charge is 0.352 e. The molecule has 2 amide bonds. The molecule has 3 aromatic rings. The third-order valence-electron chi connectivity index (χ3n) is 6.19. The first-order valence-electron chi connectivity index (χ1n) is 12.7. The molecule has 0 radical (unpaired) electrons. The van der Waals surface area contributed by atoms with Crippen molar-refractivity contribution < 1.29 is 18.0 Å². The van der Waals surface area contributed by atoms with Gasteiger partial charge < -0.3 is 10.2 Å². The molecule has 1 atom stereocenters. The second-order valence-electron chi connectivity index (χ2n) is 9.61. The summed E-state index contributed by atoms with van der Waals surface area (Å²) in [6, 6.07) is 16.6. The Labute approximate surface area is 251 Å². The van der Waals surface area contributed by atoms with Crippen LogP contribution >= 0.6 is 34.8 Å². The van der Waals surface area contributed by atoms with Crippen LogP contribution in [-0.2, 0) is 26.2 Å². The number of carbonyl (C=O) groups is 2. The summed E-state index contributed by atoms with van der Waals surface area (Å²) in [4.78, 5) is 28.7. The van der Waals surface area contributed by atoms with Gasteiger partial charge in [0.1, 0.15) is 12.6 Å².